The number of pyridine rings is 1. The van der Waals surface area contributed by atoms with Crippen LogP contribution in [0.1, 0.15) is 105 Å². The summed E-state index contributed by atoms with van der Waals surface area (Å²) in [7, 11) is 0. The van der Waals surface area contributed by atoms with Gasteiger partial charge >= 0.3 is 0 Å². The molecular weight excluding hydrogens is 1180 g/mol. The molecular formula is C76H68N4OPt-2. The number of aromatic nitrogens is 4. The molecule has 3 aromatic heterocycles. The molecule has 9 aromatic carbocycles. The first-order valence-electron chi connectivity index (χ1n) is 28.4. The van der Waals surface area contributed by atoms with E-state index in [0.717, 1.165) is 83.4 Å². The SMILES string of the molecule is CC(C)(C)c1ccc(-c2cccc3c2-[n+]2[c-]n(-c4[c-]c(Oc5[c-]c6c(cc5)c5ccccc5n6-c5cc(C(C)(C)C)ccn5)ccc4)c4cccc(c42)-c2ccccc2-c2ccc(-c4cc(C(C)(C)C)cc(C(C)(C)C)c4)cc2-3)cc1.[Pt]. The minimum Gasteiger partial charge on any atom is -0.510 e. The third kappa shape index (κ3) is 9.61. The second-order valence-corrected chi connectivity index (χ2v) is 26.2. The first-order valence-corrected chi connectivity index (χ1v) is 28.4. The first kappa shape index (κ1) is 54.5. The number of imidazole rings is 1. The Labute approximate surface area is 498 Å². The molecule has 0 atom stereocenters. The van der Waals surface area contributed by atoms with E-state index in [1.165, 1.54) is 44.5 Å². The van der Waals surface area contributed by atoms with Gasteiger partial charge in [0.15, 0.2) is 0 Å². The predicted molar refractivity (Wildman–Crippen MR) is 336 cm³/mol. The molecule has 0 aliphatic carbocycles. The maximum Gasteiger partial charge on any atom is 0.268 e. The second-order valence-electron chi connectivity index (χ2n) is 26.2. The second kappa shape index (κ2) is 20.1. The van der Waals surface area contributed by atoms with Gasteiger partial charge in [0.25, 0.3) is 6.33 Å². The van der Waals surface area contributed by atoms with E-state index < -0.39 is 0 Å². The molecule has 1 aliphatic heterocycles. The molecule has 0 amide bonds. The average molecular weight is 1250 g/mol. The normalized spacial score (nSPS) is 12.5. The summed E-state index contributed by atoms with van der Waals surface area (Å²) in [6.45, 7) is 27.4. The molecule has 4 heterocycles. The predicted octanol–water partition coefficient (Wildman–Crippen LogP) is 19.4. The van der Waals surface area contributed by atoms with Crippen molar-refractivity contribution in [2.24, 2.45) is 0 Å². The van der Waals surface area contributed by atoms with Crippen LogP contribution >= 0.6 is 0 Å². The van der Waals surface area contributed by atoms with Crippen molar-refractivity contribution in [3.8, 4) is 84.3 Å². The molecule has 82 heavy (non-hydrogen) atoms. The fraction of sp³-hybridized carbons (Fsp3) is 0.211. The quantitative estimate of drug-likeness (QED) is 0.123. The maximum atomic E-state index is 6.82. The van der Waals surface area contributed by atoms with Crippen molar-refractivity contribution in [1.82, 2.24) is 14.1 Å². The average Bonchev–Trinajstić information content (AvgIpc) is 4.24. The first-order chi connectivity index (χ1) is 38.7. The van der Waals surface area contributed by atoms with Crippen LogP contribution in [0, 0.1) is 18.5 Å². The van der Waals surface area contributed by atoms with Gasteiger partial charge in [-0.1, -0.05) is 222 Å². The van der Waals surface area contributed by atoms with Crippen LogP contribution in [-0.2, 0) is 42.7 Å². The van der Waals surface area contributed by atoms with Crippen LogP contribution < -0.4 is 9.30 Å². The number of hydrogen-bond acceptors (Lipinski definition) is 2. The number of fused-ring (bicyclic) bond motifs is 10. The van der Waals surface area contributed by atoms with Crippen LogP contribution in [0.25, 0.3) is 106 Å². The van der Waals surface area contributed by atoms with Gasteiger partial charge in [-0.2, -0.15) is 18.2 Å². The van der Waals surface area contributed by atoms with Crippen LogP contribution in [0.5, 0.6) is 11.5 Å². The van der Waals surface area contributed by atoms with E-state index in [-0.39, 0.29) is 42.7 Å². The van der Waals surface area contributed by atoms with Gasteiger partial charge in [0, 0.05) is 44.3 Å². The van der Waals surface area contributed by atoms with E-state index in [0.29, 0.717) is 11.5 Å². The molecule has 1 aliphatic rings. The molecule has 0 saturated carbocycles. The van der Waals surface area contributed by atoms with Gasteiger partial charge in [0.2, 0.25) is 0 Å². The minimum atomic E-state index is -0.0470. The van der Waals surface area contributed by atoms with Crippen LogP contribution in [0.15, 0.2) is 194 Å². The summed E-state index contributed by atoms with van der Waals surface area (Å²) in [6.07, 6.45) is 5.91. The molecule has 6 heteroatoms. The van der Waals surface area contributed by atoms with E-state index in [1.54, 1.807) is 0 Å². The van der Waals surface area contributed by atoms with Gasteiger partial charge in [-0.3, -0.25) is 4.57 Å². The molecule has 12 aromatic rings. The van der Waals surface area contributed by atoms with E-state index >= 15 is 0 Å². The van der Waals surface area contributed by atoms with Crippen LogP contribution in [0.4, 0.5) is 0 Å². The van der Waals surface area contributed by atoms with Gasteiger partial charge in [0.1, 0.15) is 5.82 Å². The summed E-state index contributed by atoms with van der Waals surface area (Å²) in [5, 5.41) is 2.21. The van der Waals surface area contributed by atoms with Crippen LogP contribution in [-0.4, -0.2) is 14.1 Å². The summed E-state index contributed by atoms with van der Waals surface area (Å²) < 4.78 is 13.5. The Kier molecular flexibility index (Phi) is 13.4. The molecule has 13 rings (SSSR count). The Hall–Kier alpha value is -8.11. The smallest absolute Gasteiger partial charge is 0.268 e. The molecule has 0 unspecified atom stereocenters. The Morgan fingerprint density at radius 2 is 1.00 bits per heavy atom. The van der Waals surface area contributed by atoms with E-state index in [4.69, 9.17) is 9.72 Å². The summed E-state index contributed by atoms with van der Waals surface area (Å²) in [5.74, 6) is 1.99. The summed E-state index contributed by atoms with van der Waals surface area (Å²) >= 11 is 0. The van der Waals surface area contributed by atoms with Gasteiger partial charge in [-0.25, -0.2) is 4.98 Å². The Morgan fingerprint density at radius 1 is 0.415 bits per heavy atom. The van der Waals surface area contributed by atoms with Gasteiger partial charge < -0.3 is 13.9 Å². The van der Waals surface area contributed by atoms with Gasteiger partial charge in [-0.05, 0) is 135 Å². The zero-order valence-corrected chi connectivity index (χ0v) is 51.3. The molecule has 0 N–H and O–H groups in total. The Morgan fingerprint density at radius 3 is 1.72 bits per heavy atom. The third-order valence-electron chi connectivity index (χ3n) is 16.4. The number of nitrogens with zero attached hydrogens (tertiary/aromatic N) is 4. The number of rotatable bonds is 6. The largest absolute Gasteiger partial charge is 0.510 e. The van der Waals surface area contributed by atoms with Crippen LogP contribution in [0.3, 0.4) is 0 Å². The Balaban J connectivity index is 0.00000665. The van der Waals surface area contributed by atoms with Gasteiger partial charge in [0.05, 0.1) is 16.7 Å². The monoisotopic (exact) mass is 1250 g/mol. The van der Waals surface area contributed by atoms with Crippen molar-refractivity contribution >= 4 is 32.8 Å². The molecule has 410 valence electrons. The van der Waals surface area contributed by atoms with Crippen molar-refractivity contribution in [2.75, 3.05) is 0 Å². The number of para-hydroxylation sites is 3. The van der Waals surface area contributed by atoms with Crippen molar-refractivity contribution in [3.05, 3.63) is 235 Å². The van der Waals surface area contributed by atoms with E-state index in [2.05, 4.69) is 285 Å². The fourth-order valence-electron chi connectivity index (χ4n) is 11.8. The maximum absolute atomic E-state index is 6.82. The Bertz CT molecular complexity index is 4440. The zero-order valence-electron chi connectivity index (χ0n) is 49.0. The number of ether oxygens (including phenoxy) is 1. The van der Waals surface area contributed by atoms with Crippen molar-refractivity contribution in [1.29, 1.82) is 0 Å². The molecule has 0 bridgehead atoms. The van der Waals surface area contributed by atoms with Gasteiger partial charge in [-0.15, -0.1) is 29.7 Å². The van der Waals surface area contributed by atoms with E-state index in [9.17, 15) is 0 Å². The molecule has 0 fully saturated rings. The molecule has 0 saturated heterocycles. The molecule has 0 radical (unpaired) electrons. The van der Waals surface area contributed by atoms with E-state index in [1.807, 2.05) is 24.4 Å². The summed E-state index contributed by atoms with van der Waals surface area (Å²) in [6, 6.07) is 76.3. The van der Waals surface area contributed by atoms with Crippen LogP contribution in [0.2, 0.25) is 0 Å². The summed E-state index contributed by atoms with van der Waals surface area (Å²) in [5.41, 5.74) is 22.4. The topological polar surface area (TPSA) is 35.9 Å². The minimum absolute atomic E-state index is 0. The summed E-state index contributed by atoms with van der Waals surface area (Å²) in [4.78, 5) is 4.91. The molecule has 5 nitrogen and oxygen atoms in total. The number of hydrogen-bond donors (Lipinski definition) is 0. The number of benzene rings is 9. The molecule has 0 spiro atoms. The van der Waals surface area contributed by atoms with Crippen molar-refractivity contribution < 1.29 is 30.4 Å². The fourth-order valence-corrected chi connectivity index (χ4v) is 11.8. The van der Waals surface area contributed by atoms with Crippen molar-refractivity contribution in [3.63, 3.8) is 0 Å². The standard InChI is InChI=1S/C76H68N4O.Pt/c1-73(2,3)51-33-30-48(31-34-51)58-25-18-26-65-66-42-49(50-40-53(75(7,8)9)43-54(41-50)76(10,11)12)32-36-61(66)59-22-13-14-23-60(59)64-27-19-29-68-72(64)79(71(58)65)47-78(68)55-20-17-21-56(45-55)81-57-35-37-63-62-24-15-16-28-67(62)80(69(63)46-57)70-44-52(38-39-77-70)74(4,5)6;/h13-44H,1-12H3;/q-2;. The third-order valence-corrected chi connectivity index (χ3v) is 16.4. The zero-order chi connectivity index (χ0) is 56.3. The van der Waals surface area contributed by atoms with Crippen molar-refractivity contribution in [2.45, 2.75) is 105 Å².